The van der Waals surface area contributed by atoms with Gasteiger partial charge in [0.2, 0.25) is 0 Å². The van der Waals surface area contributed by atoms with Crippen molar-refractivity contribution in [1.29, 1.82) is 0 Å². The molecule has 0 aromatic heterocycles. The van der Waals surface area contributed by atoms with E-state index in [1.54, 1.807) is 12.1 Å². The molecule has 0 saturated carbocycles. The Morgan fingerprint density at radius 1 is 1.59 bits per heavy atom. The molecule has 0 amide bonds. The zero-order valence-corrected chi connectivity index (χ0v) is 9.81. The average Bonchev–Trinajstić information content (AvgIpc) is 2.34. The van der Waals surface area contributed by atoms with Crippen LogP contribution in [0.1, 0.15) is 6.92 Å². The van der Waals surface area contributed by atoms with E-state index in [4.69, 9.17) is 4.74 Å². The molecule has 17 heavy (non-hydrogen) atoms. The van der Waals surface area contributed by atoms with Crippen molar-refractivity contribution >= 4 is 5.69 Å². The molecule has 0 bridgehead atoms. The Bertz CT molecular complexity index is 404. The van der Waals surface area contributed by atoms with Gasteiger partial charge in [0, 0.05) is 12.6 Å². The van der Waals surface area contributed by atoms with Crippen LogP contribution in [-0.4, -0.2) is 24.6 Å². The first-order valence-electron chi connectivity index (χ1n) is 5.38. The normalized spacial score (nSPS) is 9.94. The van der Waals surface area contributed by atoms with E-state index in [0.29, 0.717) is 18.9 Å². The Balaban J connectivity index is 2.49. The molecule has 5 nitrogen and oxygen atoms in total. The summed E-state index contributed by atoms with van der Waals surface area (Å²) in [5.74, 6) is 0.483. The Morgan fingerprint density at radius 3 is 3.00 bits per heavy atom. The minimum absolute atomic E-state index is 0.0276. The number of benzene rings is 1. The minimum atomic E-state index is -0.444. The van der Waals surface area contributed by atoms with Crippen LogP contribution in [0.3, 0.4) is 0 Å². The van der Waals surface area contributed by atoms with Crippen LogP contribution in [0.4, 0.5) is 5.69 Å². The first-order valence-corrected chi connectivity index (χ1v) is 5.38. The standard InChI is InChI=1S/C12H16N2O3/c1-3-13-8-10(2)9-17-12-6-4-5-11(7-12)14(15)16/h4-7,13H,2-3,8-9H2,1H3. The predicted molar refractivity (Wildman–Crippen MR) is 66.3 cm³/mol. The second kappa shape index (κ2) is 6.65. The molecule has 92 valence electrons. The number of nitrogens with zero attached hydrogens (tertiary/aromatic N) is 1. The van der Waals surface area contributed by atoms with Gasteiger partial charge in [-0.25, -0.2) is 0 Å². The van der Waals surface area contributed by atoms with E-state index >= 15 is 0 Å². The van der Waals surface area contributed by atoms with Crippen molar-refractivity contribution in [2.45, 2.75) is 6.92 Å². The molecule has 0 radical (unpaired) electrons. The van der Waals surface area contributed by atoms with Gasteiger partial charge in [0.1, 0.15) is 12.4 Å². The molecule has 0 unspecified atom stereocenters. The highest BCUT2D eigenvalue weighted by Crippen LogP contribution is 2.19. The number of non-ortho nitro benzene ring substituents is 1. The Hall–Kier alpha value is -1.88. The van der Waals surface area contributed by atoms with Crippen molar-refractivity contribution in [2.24, 2.45) is 0 Å². The molecule has 1 rings (SSSR count). The highest BCUT2D eigenvalue weighted by molar-refractivity contribution is 5.38. The molecular formula is C12H16N2O3. The van der Waals surface area contributed by atoms with E-state index in [0.717, 1.165) is 12.1 Å². The minimum Gasteiger partial charge on any atom is -0.489 e. The lowest BCUT2D eigenvalue weighted by molar-refractivity contribution is -0.384. The highest BCUT2D eigenvalue weighted by Gasteiger charge is 2.06. The Kier molecular flexibility index (Phi) is 5.16. The third kappa shape index (κ3) is 4.65. The number of likely N-dealkylation sites (N-methyl/N-ethyl adjacent to an activating group) is 1. The van der Waals surface area contributed by atoms with Gasteiger partial charge in [-0.1, -0.05) is 19.6 Å². The molecule has 0 aliphatic heterocycles. The SMILES string of the molecule is C=C(CNCC)COc1cccc([N+](=O)[O-])c1. The summed E-state index contributed by atoms with van der Waals surface area (Å²) in [7, 11) is 0. The number of hydrogen-bond donors (Lipinski definition) is 1. The van der Waals surface area contributed by atoms with Gasteiger partial charge in [0.15, 0.2) is 0 Å². The zero-order valence-electron chi connectivity index (χ0n) is 9.81. The monoisotopic (exact) mass is 236 g/mol. The lowest BCUT2D eigenvalue weighted by Crippen LogP contribution is -2.18. The molecular weight excluding hydrogens is 220 g/mol. The van der Waals surface area contributed by atoms with Gasteiger partial charge < -0.3 is 10.1 Å². The fraction of sp³-hybridized carbons (Fsp3) is 0.333. The summed E-state index contributed by atoms with van der Waals surface area (Å²) in [6, 6.07) is 6.12. The van der Waals surface area contributed by atoms with Crippen molar-refractivity contribution in [3.05, 3.63) is 46.5 Å². The maximum atomic E-state index is 10.6. The molecule has 0 fully saturated rings. The molecule has 0 spiro atoms. The Morgan fingerprint density at radius 2 is 2.35 bits per heavy atom. The number of hydrogen-bond acceptors (Lipinski definition) is 4. The van der Waals surface area contributed by atoms with Gasteiger partial charge in [-0.3, -0.25) is 10.1 Å². The molecule has 0 aliphatic rings. The van der Waals surface area contributed by atoms with Gasteiger partial charge in [-0.05, 0) is 18.2 Å². The summed E-state index contributed by atoms with van der Waals surface area (Å²) in [6.45, 7) is 7.76. The molecule has 0 heterocycles. The van der Waals surface area contributed by atoms with E-state index < -0.39 is 4.92 Å². The lowest BCUT2D eigenvalue weighted by Gasteiger charge is -2.08. The summed E-state index contributed by atoms with van der Waals surface area (Å²) in [5.41, 5.74) is 0.929. The van der Waals surface area contributed by atoms with Gasteiger partial charge in [0.05, 0.1) is 11.0 Å². The van der Waals surface area contributed by atoms with Gasteiger partial charge in [-0.2, -0.15) is 0 Å². The van der Waals surface area contributed by atoms with Crippen LogP contribution in [0, 0.1) is 10.1 Å². The smallest absolute Gasteiger partial charge is 0.273 e. The van der Waals surface area contributed by atoms with E-state index in [2.05, 4.69) is 11.9 Å². The number of ether oxygens (including phenoxy) is 1. The fourth-order valence-corrected chi connectivity index (χ4v) is 1.23. The summed E-state index contributed by atoms with van der Waals surface area (Å²) >= 11 is 0. The maximum absolute atomic E-state index is 10.6. The number of rotatable bonds is 7. The van der Waals surface area contributed by atoms with Crippen LogP contribution in [0.25, 0.3) is 0 Å². The molecule has 5 heteroatoms. The molecule has 0 atom stereocenters. The largest absolute Gasteiger partial charge is 0.489 e. The molecule has 0 aliphatic carbocycles. The van der Waals surface area contributed by atoms with Gasteiger partial charge >= 0.3 is 0 Å². The molecule has 1 N–H and O–H groups in total. The van der Waals surface area contributed by atoms with Crippen LogP contribution in [0.15, 0.2) is 36.4 Å². The van der Waals surface area contributed by atoms with E-state index in [1.165, 1.54) is 12.1 Å². The lowest BCUT2D eigenvalue weighted by atomic mass is 10.3. The van der Waals surface area contributed by atoms with E-state index in [1.807, 2.05) is 6.92 Å². The second-order valence-electron chi connectivity index (χ2n) is 3.57. The number of nitro groups is 1. The van der Waals surface area contributed by atoms with Gasteiger partial charge in [-0.15, -0.1) is 0 Å². The average molecular weight is 236 g/mol. The Labute approximate surface area is 100 Å². The number of nitro benzene ring substituents is 1. The third-order valence-electron chi connectivity index (χ3n) is 2.10. The molecule has 1 aromatic carbocycles. The van der Waals surface area contributed by atoms with Crippen molar-refractivity contribution in [3.8, 4) is 5.75 Å². The van der Waals surface area contributed by atoms with Crippen LogP contribution >= 0.6 is 0 Å². The van der Waals surface area contributed by atoms with Crippen LogP contribution < -0.4 is 10.1 Å². The summed E-state index contributed by atoms with van der Waals surface area (Å²) in [6.07, 6.45) is 0. The molecule has 1 aromatic rings. The van der Waals surface area contributed by atoms with Crippen molar-refractivity contribution < 1.29 is 9.66 Å². The first-order chi connectivity index (χ1) is 8.13. The maximum Gasteiger partial charge on any atom is 0.273 e. The number of nitrogens with one attached hydrogen (secondary N) is 1. The van der Waals surface area contributed by atoms with E-state index in [9.17, 15) is 10.1 Å². The molecule has 0 saturated heterocycles. The third-order valence-corrected chi connectivity index (χ3v) is 2.10. The summed E-state index contributed by atoms with van der Waals surface area (Å²) in [5, 5.41) is 13.7. The second-order valence-corrected chi connectivity index (χ2v) is 3.57. The van der Waals surface area contributed by atoms with Crippen LogP contribution in [-0.2, 0) is 0 Å². The zero-order chi connectivity index (χ0) is 12.7. The van der Waals surface area contributed by atoms with Crippen LogP contribution in [0.2, 0.25) is 0 Å². The van der Waals surface area contributed by atoms with Gasteiger partial charge in [0.25, 0.3) is 5.69 Å². The van der Waals surface area contributed by atoms with Crippen molar-refractivity contribution in [1.82, 2.24) is 5.32 Å². The predicted octanol–water partition coefficient (Wildman–Crippen LogP) is 2.14. The van der Waals surface area contributed by atoms with Crippen molar-refractivity contribution in [2.75, 3.05) is 19.7 Å². The summed E-state index contributed by atoms with van der Waals surface area (Å²) < 4.78 is 5.41. The van der Waals surface area contributed by atoms with Crippen LogP contribution in [0.5, 0.6) is 5.75 Å². The summed E-state index contributed by atoms with van der Waals surface area (Å²) in [4.78, 5) is 10.1. The highest BCUT2D eigenvalue weighted by atomic mass is 16.6. The van der Waals surface area contributed by atoms with E-state index in [-0.39, 0.29) is 5.69 Å². The fourth-order valence-electron chi connectivity index (χ4n) is 1.23. The van der Waals surface area contributed by atoms with Crippen molar-refractivity contribution in [3.63, 3.8) is 0 Å². The topological polar surface area (TPSA) is 64.4 Å². The quantitative estimate of drug-likeness (QED) is 0.447. The first kappa shape index (κ1) is 13.2.